The van der Waals surface area contributed by atoms with Gasteiger partial charge in [0, 0.05) is 48.1 Å². The van der Waals surface area contributed by atoms with Crippen LogP contribution in [0.1, 0.15) is 18.4 Å². The van der Waals surface area contributed by atoms with E-state index in [1.54, 1.807) is 30.6 Å². The molecule has 1 saturated heterocycles. The minimum absolute atomic E-state index is 0.0336. The number of allylic oxidation sites excluding steroid dienone is 2. The first-order chi connectivity index (χ1) is 16.3. The third kappa shape index (κ3) is 3.99. The molecular weight excluding hydrogens is 456 g/mol. The molecule has 2 aliphatic rings. The smallest absolute Gasteiger partial charge is 0.243 e. The molecule has 3 heterocycles. The number of fused-ring (bicyclic) bond motifs is 3. The molecule has 11 heteroatoms. The number of benzene rings is 2. The summed E-state index contributed by atoms with van der Waals surface area (Å²) < 4.78 is 26.8. The highest BCUT2D eigenvalue weighted by atomic mass is 32.2. The molecule has 3 aromatic rings. The van der Waals surface area contributed by atoms with E-state index in [0.717, 1.165) is 4.31 Å². The number of carbonyl (C=O) groups excluding carboxylic acids is 1. The predicted octanol–water partition coefficient (Wildman–Crippen LogP) is 2.58. The number of nitrogens with zero attached hydrogens (tertiary/aromatic N) is 4. The van der Waals surface area contributed by atoms with Gasteiger partial charge in [-0.3, -0.25) is 9.79 Å². The minimum Gasteiger partial charge on any atom is -0.508 e. The Morgan fingerprint density at radius 1 is 1.24 bits per heavy atom. The predicted molar refractivity (Wildman–Crippen MR) is 128 cm³/mol. The summed E-state index contributed by atoms with van der Waals surface area (Å²) in [6.45, 7) is 2.30. The molecule has 174 valence electrons. The Morgan fingerprint density at radius 2 is 2.03 bits per heavy atom. The van der Waals surface area contributed by atoms with Gasteiger partial charge in [-0.2, -0.15) is 4.31 Å². The number of anilines is 2. The maximum Gasteiger partial charge on any atom is 0.243 e. The lowest BCUT2D eigenvalue weighted by Gasteiger charge is -2.25. The second-order valence-electron chi connectivity index (χ2n) is 8.08. The fraction of sp³-hybridized carbons (Fsp3) is 0.217. The van der Waals surface area contributed by atoms with Crippen molar-refractivity contribution in [2.45, 2.75) is 17.7 Å². The number of nitrogens with one attached hydrogen (secondary N) is 2. The SMILES string of the molecule is CC1C=CC=Nc2c1c(O)cc1cnc(Nc3ccc(S(=O)(=O)N4CCNC(=O)C4)cc3)nc21. The van der Waals surface area contributed by atoms with Crippen molar-refractivity contribution in [1.29, 1.82) is 0 Å². The molecule has 2 aromatic carbocycles. The van der Waals surface area contributed by atoms with E-state index in [1.807, 2.05) is 19.1 Å². The standard InChI is InChI=1S/C23H22N6O4S/c1-14-3-2-8-25-22-20(14)18(30)11-15-12-26-23(28-21(15)22)27-16-4-6-17(7-5-16)34(32,33)29-10-9-24-19(31)13-29/h2-8,11-12,14,30H,9-10,13H2,1H3,(H,24,31)(H,26,27,28). The van der Waals surface area contributed by atoms with E-state index in [2.05, 4.69) is 25.6 Å². The van der Waals surface area contributed by atoms with Gasteiger partial charge in [0.2, 0.25) is 21.9 Å². The number of aliphatic imine (C=N–C) groups is 1. The van der Waals surface area contributed by atoms with E-state index in [1.165, 1.54) is 12.1 Å². The summed E-state index contributed by atoms with van der Waals surface area (Å²) in [5.41, 5.74) is 2.48. The number of rotatable bonds is 4. The maximum absolute atomic E-state index is 12.8. The first-order valence-electron chi connectivity index (χ1n) is 10.7. The summed E-state index contributed by atoms with van der Waals surface area (Å²) in [4.78, 5) is 25.1. The van der Waals surface area contributed by atoms with Crippen molar-refractivity contribution >= 4 is 50.4 Å². The van der Waals surface area contributed by atoms with Gasteiger partial charge in [-0.25, -0.2) is 18.4 Å². The van der Waals surface area contributed by atoms with Gasteiger partial charge < -0.3 is 15.7 Å². The molecule has 0 radical (unpaired) electrons. The quantitative estimate of drug-likeness (QED) is 0.524. The summed E-state index contributed by atoms with van der Waals surface area (Å²) in [5, 5.41) is 16.9. The van der Waals surface area contributed by atoms with Crippen molar-refractivity contribution in [3.8, 4) is 5.75 Å². The van der Waals surface area contributed by atoms with Crippen molar-refractivity contribution in [2.75, 3.05) is 25.0 Å². The molecule has 34 heavy (non-hydrogen) atoms. The molecule has 1 amide bonds. The molecule has 0 saturated carbocycles. The zero-order valence-electron chi connectivity index (χ0n) is 18.3. The molecule has 1 unspecified atom stereocenters. The largest absolute Gasteiger partial charge is 0.508 e. The van der Waals surface area contributed by atoms with Crippen molar-refractivity contribution in [2.24, 2.45) is 4.99 Å². The molecule has 5 rings (SSSR count). The van der Waals surface area contributed by atoms with Gasteiger partial charge in [-0.05, 0) is 36.4 Å². The fourth-order valence-electron chi connectivity index (χ4n) is 4.04. The van der Waals surface area contributed by atoms with Crippen LogP contribution < -0.4 is 10.6 Å². The number of hydrogen-bond acceptors (Lipinski definition) is 8. The Kier molecular flexibility index (Phi) is 5.50. The van der Waals surface area contributed by atoms with Crippen LogP contribution >= 0.6 is 0 Å². The normalized spacial score (nSPS) is 18.4. The van der Waals surface area contributed by atoms with Crippen LogP contribution in [0.15, 0.2) is 58.6 Å². The zero-order chi connectivity index (χ0) is 23.9. The molecule has 3 N–H and O–H groups in total. The Hall–Kier alpha value is -3.83. The van der Waals surface area contributed by atoms with E-state index in [0.29, 0.717) is 33.8 Å². The molecule has 10 nitrogen and oxygen atoms in total. The lowest BCUT2D eigenvalue weighted by Crippen LogP contribution is -2.49. The van der Waals surface area contributed by atoms with Crippen LogP contribution in [0, 0.1) is 0 Å². The first-order valence-corrected chi connectivity index (χ1v) is 12.1. The summed E-state index contributed by atoms with van der Waals surface area (Å²) in [5.74, 6) is 0.103. The average Bonchev–Trinajstić information content (AvgIpc) is 3.02. The van der Waals surface area contributed by atoms with E-state index in [4.69, 9.17) is 0 Å². The number of phenolic OH excluding ortho intramolecular Hbond substituents is 1. The second-order valence-corrected chi connectivity index (χ2v) is 10.0. The van der Waals surface area contributed by atoms with Crippen LogP contribution in [0.4, 0.5) is 17.3 Å². The monoisotopic (exact) mass is 478 g/mol. The topological polar surface area (TPSA) is 137 Å². The number of carbonyl (C=O) groups is 1. The van der Waals surface area contributed by atoms with Crippen LogP contribution in [0.3, 0.4) is 0 Å². The number of hydrogen-bond donors (Lipinski definition) is 3. The average molecular weight is 479 g/mol. The zero-order valence-corrected chi connectivity index (χ0v) is 19.1. The second kappa shape index (κ2) is 8.50. The van der Waals surface area contributed by atoms with Crippen LogP contribution in [0.25, 0.3) is 10.9 Å². The summed E-state index contributed by atoms with van der Waals surface area (Å²) in [6, 6.07) is 7.82. The van der Waals surface area contributed by atoms with Gasteiger partial charge in [0.1, 0.15) is 11.3 Å². The van der Waals surface area contributed by atoms with Crippen molar-refractivity contribution in [3.63, 3.8) is 0 Å². The number of piperazine rings is 1. The number of aromatic nitrogens is 2. The molecule has 1 fully saturated rings. The van der Waals surface area contributed by atoms with E-state index < -0.39 is 10.0 Å². The third-order valence-corrected chi connectivity index (χ3v) is 7.62. The van der Waals surface area contributed by atoms with Gasteiger partial charge >= 0.3 is 0 Å². The van der Waals surface area contributed by atoms with Crippen molar-refractivity contribution < 1.29 is 18.3 Å². The highest BCUT2D eigenvalue weighted by molar-refractivity contribution is 7.89. The van der Waals surface area contributed by atoms with Gasteiger partial charge in [-0.15, -0.1) is 0 Å². The highest BCUT2D eigenvalue weighted by Gasteiger charge is 2.29. The van der Waals surface area contributed by atoms with Crippen LogP contribution in [0.2, 0.25) is 0 Å². The van der Waals surface area contributed by atoms with Crippen LogP contribution in [-0.4, -0.2) is 59.6 Å². The van der Waals surface area contributed by atoms with E-state index >= 15 is 0 Å². The summed E-state index contributed by atoms with van der Waals surface area (Å²) >= 11 is 0. The molecule has 1 atom stereocenters. The lowest BCUT2D eigenvalue weighted by atomic mass is 9.96. The van der Waals surface area contributed by atoms with Crippen LogP contribution in [0.5, 0.6) is 5.75 Å². The summed E-state index contributed by atoms with van der Waals surface area (Å²) in [7, 11) is -3.77. The van der Waals surface area contributed by atoms with E-state index in [9.17, 15) is 18.3 Å². The molecular formula is C23H22N6O4S. The Labute approximate surface area is 196 Å². The maximum atomic E-state index is 12.8. The molecule has 2 aliphatic heterocycles. The number of aromatic hydroxyl groups is 1. The Morgan fingerprint density at radius 3 is 2.79 bits per heavy atom. The lowest BCUT2D eigenvalue weighted by molar-refractivity contribution is -0.122. The van der Waals surface area contributed by atoms with Gasteiger partial charge in [-0.1, -0.05) is 13.0 Å². The van der Waals surface area contributed by atoms with Crippen LogP contribution in [-0.2, 0) is 14.8 Å². The summed E-state index contributed by atoms with van der Waals surface area (Å²) in [6.07, 6.45) is 7.06. The van der Waals surface area contributed by atoms with Crippen molar-refractivity contribution in [1.82, 2.24) is 19.6 Å². The number of sulfonamides is 1. The molecule has 0 bridgehead atoms. The third-order valence-electron chi connectivity index (χ3n) is 5.76. The molecule has 0 spiro atoms. The Balaban J connectivity index is 1.43. The number of amides is 1. The molecule has 0 aliphatic carbocycles. The van der Waals surface area contributed by atoms with Gasteiger partial charge in [0.15, 0.2) is 0 Å². The van der Waals surface area contributed by atoms with Gasteiger partial charge in [0.05, 0.1) is 17.1 Å². The van der Waals surface area contributed by atoms with Gasteiger partial charge in [0.25, 0.3) is 0 Å². The highest BCUT2D eigenvalue weighted by Crippen LogP contribution is 2.41. The fourth-order valence-corrected chi connectivity index (χ4v) is 5.44. The van der Waals surface area contributed by atoms with Crippen molar-refractivity contribution in [3.05, 3.63) is 54.2 Å². The van der Waals surface area contributed by atoms with E-state index in [-0.39, 0.29) is 42.1 Å². The minimum atomic E-state index is -3.77. The molecule has 1 aromatic heterocycles. The Bertz CT molecular complexity index is 1450. The number of phenols is 1. The first kappa shape index (κ1) is 22.0.